The van der Waals surface area contributed by atoms with Crippen molar-refractivity contribution >= 4 is 23.2 Å². The van der Waals surface area contributed by atoms with Crippen molar-refractivity contribution < 1.29 is 9.13 Å². The first kappa shape index (κ1) is 16.3. The first-order chi connectivity index (χ1) is 12.1. The van der Waals surface area contributed by atoms with Crippen LogP contribution >= 0.6 is 23.2 Å². The Hall–Kier alpha value is -2.18. The molecule has 8 heteroatoms. The topological polar surface area (TPSA) is 52.8 Å². The molecule has 0 atom stereocenters. The maximum Gasteiger partial charge on any atom is 0.321 e. The summed E-state index contributed by atoms with van der Waals surface area (Å²) < 4.78 is 21.9. The molecule has 0 saturated carbocycles. The molecule has 0 amide bonds. The highest BCUT2D eigenvalue weighted by Gasteiger charge is 2.23. The number of fused-ring (bicyclic) bond motifs is 1. The Kier molecular flexibility index (Phi) is 4.31. The van der Waals surface area contributed by atoms with Gasteiger partial charge in [-0.05, 0) is 37.5 Å². The molecular weight excluding hydrogens is 366 g/mol. The number of benzene rings is 1. The first-order valence-corrected chi connectivity index (χ1v) is 8.58. The van der Waals surface area contributed by atoms with E-state index in [1.807, 2.05) is 4.68 Å². The second-order valence-corrected chi connectivity index (χ2v) is 6.47. The molecule has 128 valence electrons. The normalized spacial score (nSPS) is 13.6. The van der Waals surface area contributed by atoms with Gasteiger partial charge in [-0.2, -0.15) is 5.10 Å². The smallest absolute Gasteiger partial charge is 0.321 e. The van der Waals surface area contributed by atoms with Gasteiger partial charge in [-0.3, -0.25) is 4.68 Å². The summed E-state index contributed by atoms with van der Waals surface area (Å²) in [5.74, 6) is -0.269. The predicted molar refractivity (Wildman–Crippen MR) is 92.7 cm³/mol. The molecule has 0 radical (unpaired) electrons. The van der Waals surface area contributed by atoms with Crippen LogP contribution in [-0.4, -0.2) is 19.7 Å². The van der Waals surface area contributed by atoms with Gasteiger partial charge in [-0.25, -0.2) is 14.4 Å². The number of ether oxygens (including phenoxy) is 1. The average Bonchev–Trinajstić information content (AvgIpc) is 2.95. The van der Waals surface area contributed by atoms with Crippen molar-refractivity contribution in [1.82, 2.24) is 19.7 Å². The number of halogens is 3. The van der Waals surface area contributed by atoms with E-state index in [0.717, 1.165) is 31.5 Å². The van der Waals surface area contributed by atoms with Gasteiger partial charge in [-0.15, -0.1) is 0 Å². The average molecular weight is 379 g/mol. The van der Waals surface area contributed by atoms with Crippen molar-refractivity contribution in [1.29, 1.82) is 0 Å². The molecule has 2 aromatic heterocycles. The van der Waals surface area contributed by atoms with Gasteiger partial charge in [0.1, 0.15) is 11.5 Å². The molecule has 1 aromatic carbocycles. The molecule has 5 nitrogen and oxygen atoms in total. The summed E-state index contributed by atoms with van der Waals surface area (Å²) >= 11 is 12.6. The summed E-state index contributed by atoms with van der Waals surface area (Å²) in [6, 6.07) is 4.45. The van der Waals surface area contributed by atoms with Gasteiger partial charge in [0.05, 0.1) is 15.7 Å². The lowest BCUT2D eigenvalue weighted by atomic mass is 10.1. The molecule has 0 spiro atoms. The quantitative estimate of drug-likeness (QED) is 0.649. The molecule has 0 bridgehead atoms. The summed E-state index contributed by atoms with van der Waals surface area (Å²) in [6.07, 6.45) is 6.01. The van der Waals surface area contributed by atoms with Gasteiger partial charge in [0.15, 0.2) is 5.75 Å². The van der Waals surface area contributed by atoms with E-state index in [1.165, 1.54) is 12.1 Å². The maximum atomic E-state index is 14.5. The SMILES string of the molecule is Fc1cc(Cl)c(Oc2ncccn2)cc1-c1nn2c(c1Cl)CCCC2. The van der Waals surface area contributed by atoms with Crippen molar-refractivity contribution in [2.75, 3.05) is 0 Å². The molecule has 0 unspecified atom stereocenters. The molecule has 4 rings (SSSR count). The van der Waals surface area contributed by atoms with Crippen LogP contribution in [0, 0.1) is 5.82 Å². The van der Waals surface area contributed by atoms with Crippen molar-refractivity contribution in [3.05, 3.63) is 52.1 Å². The monoisotopic (exact) mass is 378 g/mol. The summed E-state index contributed by atoms with van der Waals surface area (Å²) in [5.41, 5.74) is 1.57. The largest absolute Gasteiger partial charge is 0.423 e. The van der Waals surface area contributed by atoms with Crippen LogP contribution in [0.25, 0.3) is 11.3 Å². The highest BCUT2D eigenvalue weighted by Crippen LogP contribution is 2.39. The van der Waals surface area contributed by atoms with E-state index < -0.39 is 5.82 Å². The minimum absolute atomic E-state index is 0.119. The number of hydrogen-bond donors (Lipinski definition) is 0. The van der Waals surface area contributed by atoms with Crippen molar-refractivity contribution in [3.63, 3.8) is 0 Å². The summed E-state index contributed by atoms with van der Waals surface area (Å²) in [5, 5.41) is 5.07. The Morgan fingerprint density at radius 1 is 1.12 bits per heavy atom. The zero-order chi connectivity index (χ0) is 17.4. The lowest BCUT2D eigenvalue weighted by Gasteiger charge is -2.12. The first-order valence-electron chi connectivity index (χ1n) is 7.83. The Bertz CT molecular complexity index is 930. The van der Waals surface area contributed by atoms with Gasteiger partial charge >= 0.3 is 6.01 Å². The van der Waals surface area contributed by atoms with Crippen LogP contribution in [-0.2, 0) is 13.0 Å². The Balaban J connectivity index is 1.78. The third kappa shape index (κ3) is 3.07. The molecule has 0 N–H and O–H groups in total. The van der Waals surface area contributed by atoms with Crippen LogP contribution in [0.15, 0.2) is 30.6 Å². The van der Waals surface area contributed by atoms with E-state index in [2.05, 4.69) is 15.1 Å². The van der Waals surface area contributed by atoms with Crippen LogP contribution in [0.1, 0.15) is 18.5 Å². The van der Waals surface area contributed by atoms with Crippen LogP contribution in [0.2, 0.25) is 10.0 Å². The standard InChI is InChI=1S/C17H13Cl2FN4O/c18-11-9-12(20)10(8-14(11)25-17-21-5-3-6-22-17)16-15(19)13-4-1-2-7-24(13)23-16/h3,5-6,8-9H,1-2,4,7H2. The fourth-order valence-corrected chi connectivity index (χ4v) is 3.37. The third-order valence-electron chi connectivity index (χ3n) is 4.05. The maximum absolute atomic E-state index is 14.5. The number of aryl methyl sites for hydroxylation is 1. The molecule has 3 aromatic rings. The number of rotatable bonds is 3. The number of aromatic nitrogens is 4. The van der Waals surface area contributed by atoms with Crippen LogP contribution in [0.5, 0.6) is 11.8 Å². The lowest BCUT2D eigenvalue weighted by molar-refractivity contribution is 0.441. The summed E-state index contributed by atoms with van der Waals surface area (Å²) in [6.45, 7) is 0.783. The van der Waals surface area contributed by atoms with Gasteiger partial charge in [0.2, 0.25) is 0 Å². The van der Waals surface area contributed by atoms with Gasteiger partial charge < -0.3 is 4.74 Å². The van der Waals surface area contributed by atoms with Crippen molar-refractivity contribution in [3.8, 4) is 23.0 Å². The molecule has 3 heterocycles. The van der Waals surface area contributed by atoms with Gasteiger partial charge in [0, 0.05) is 24.5 Å². The molecule has 25 heavy (non-hydrogen) atoms. The molecular formula is C17H13Cl2FN4O. The van der Waals surface area contributed by atoms with E-state index in [9.17, 15) is 4.39 Å². The van der Waals surface area contributed by atoms with E-state index in [4.69, 9.17) is 27.9 Å². The summed E-state index contributed by atoms with van der Waals surface area (Å²) in [7, 11) is 0. The lowest BCUT2D eigenvalue weighted by Crippen LogP contribution is -2.10. The van der Waals surface area contributed by atoms with Crippen molar-refractivity contribution in [2.45, 2.75) is 25.8 Å². The molecule has 1 aliphatic heterocycles. The van der Waals surface area contributed by atoms with Gasteiger partial charge in [0.25, 0.3) is 0 Å². The molecule has 0 saturated heterocycles. The van der Waals surface area contributed by atoms with E-state index in [-0.39, 0.29) is 22.3 Å². The van der Waals surface area contributed by atoms with Crippen molar-refractivity contribution in [2.24, 2.45) is 0 Å². The fourth-order valence-electron chi connectivity index (χ4n) is 2.85. The Labute approximate surface area is 153 Å². The van der Waals surface area contributed by atoms with Gasteiger partial charge in [-0.1, -0.05) is 23.2 Å². The van der Waals surface area contributed by atoms with Crippen LogP contribution in [0.4, 0.5) is 4.39 Å². The zero-order valence-corrected chi connectivity index (χ0v) is 14.6. The fraction of sp³-hybridized carbons (Fsp3) is 0.235. The van der Waals surface area contributed by atoms with E-state index >= 15 is 0 Å². The highest BCUT2D eigenvalue weighted by molar-refractivity contribution is 6.34. The minimum atomic E-state index is -0.510. The molecule has 0 fully saturated rings. The number of nitrogens with zero attached hydrogens (tertiary/aromatic N) is 4. The number of hydrogen-bond acceptors (Lipinski definition) is 4. The Morgan fingerprint density at radius 2 is 1.92 bits per heavy atom. The zero-order valence-electron chi connectivity index (χ0n) is 13.0. The predicted octanol–water partition coefficient (Wildman–Crippen LogP) is 4.91. The van der Waals surface area contributed by atoms with Crippen LogP contribution < -0.4 is 4.74 Å². The van der Waals surface area contributed by atoms with E-state index in [0.29, 0.717) is 10.7 Å². The van der Waals surface area contributed by atoms with E-state index in [1.54, 1.807) is 18.5 Å². The molecule has 1 aliphatic rings. The van der Waals surface area contributed by atoms with Crippen LogP contribution in [0.3, 0.4) is 0 Å². The minimum Gasteiger partial charge on any atom is -0.423 e. The Morgan fingerprint density at radius 3 is 2.68 bits per heavy atom. The second-order valence-electron chi connectivity index (χ2n) is 5.69. The second kappa shape index (κ2) is 6.61. The summed E-state index contributed by atoms with van der Waals surface area (Å²) in [4.78, 5) is 7.96. The third-order valence-corrected chi connectivity index (χ3v) is 4.74. The molecule has 0 aliphatic carbocycles. The highest BCUT2D eigenvalue weighted by atomic mass is 35.5.